The first-order valence-electron chi connectivity index (χ1n) is 5.92. The van der Waals surface area contributed by atoms with E-state index in [0.29, 0.717) is 6.07 Å². The quantitative estimate of drug-likeness (QED) is 0.273. The minimum atomic E-state index is -1.02. The summed E-state index contributed by atoms with van der Waals surface area (Å²) in [5, 5.41) is 0. The van der Waals surface area contributed by atoms with Crippen molar-refractivity contribution in [2.75, 3.05) is 20.7 Å². The molecule has 4 nitrogen and oxygen atoms in total. The molecule has 0 amide bonds. The van der Waals surface area contributed by atoms with E-state index in [1.54, 1.807) is 21.0 Å². The van der Waals surface area contributed by atoms with Gasteiger partial charge in [0, 0.05) is 26.4 Å². The number of benzene rings is 1. The summed E-state index contributed by atoms with van der Waals surface area (Å²) >= 11 is 0. The molecule has 0 fully saturated rings. The molecule has 20 heavy (non-hydrogen) atoms. The number of hydrogen-bond donors (Lipinski definition) is 0. The number of Topliss-reactive ketones (excluding diaryl/α,β-unsaturated/α-hetero) is 1. The monoisotopic (exact) mass is 283 g/mol. The van der Waals surface area contributed by atoms with Gasteiger partial charge < -0.3 is 9.64 Å². The van der Waals surface area contributed by atoms with Crippen LogP contribution in [0.15, 0.2) is 30.0 Å². The molecule has 6 heteroatoms. The van der Waals surface area contributed by atoms with Crippen molar-refractivity contribution in [3.63, 3.8) is 0 Å². The highest BCUT2D eigenvalue weighted by Gasteiger charge is 2.24. The number of halogens is 2. The molecule has 0 saturated heterocycles. The molecule has 108 valence electrons. The van der Waals surface area contributed by atoms with Crippen LogP contribution in [0.5, 0.6) is 0 Å². The summed E-state index contributed by atoms with van der Waals surface area (Å²) in [5.74, 6) is -3.53. The van der Waals surface area contributed by atoms with Gasteiger partial charge in [0.2, 0.25) is 5.78 Å². The summed E-state index contributed by atoms with van der Waals surface area (Å²) in [6, 6.07) is 2.54. The third kappa shape index (κ3) is 3.88. The Hall–Kier alpha value is -2.24. The van der Waals surface area contributed by atoms with Gasteiger partial charge in [-0.25, -0.2) is 13.6 Å². The molecular formula is C14H15F2NO3. The molecule has 0 aromatic heterocycles. The molecule has 0 N–H and O–H groups in total. The van der Waals surface area contributed by atoms with Gasteiger partial charge in [0.15, 0.2) is 0 Å². The second-order valence-electron chi connectivity index (χ2n) is 4.18. The normalized spacial score (nSPS) is 11.2. The molecule has 0 aliphatic heterocycles. The van der Waals surface area contributed by atoms with E-state index in [1.807, 2.05) is 0 Å². The average Bonchev–Trinajstić information content (AvgIpc) is 2.35. The minimum Gasteiger partial charge on any atom is -0.462 e. The maximum atomic E-state index is 13.6. The molecule has 0 radical (unpaired) electrons. The van der Waals surface area contributed by atoms with Crippen LogP contribution in [-0.2, 0) is 9.53 Å². The molecule has 1 aromatic carbocycles. The van der Waals surface area contributed by atoms with Crippen LogP contribution in [0.1, 0.15) is 17.3 Å². The molecule has 1 rings (SSSR count). The van der Waals surface area contributed by atoms with Crippen LogP contribution in [0.2, 0.25) is 0 Å². The second-order valence-corrected chi connectivity index (χ2v) is 4.18. The van der Waals surface area contributed by atoms with Crippen LogP contribution in [0.3, 0.4) is 0 Å². The zero-order valence-corrected chi connectivity index (χ0v) is 11.4. The van der Waals surface area contributed by atoms with Crippen molar-refractivity contribution in [1.82, 2.24) is 4.90 Å². The summed E-state index contributed by atoms with van der Waals surface area (Å²) in [6.45, 7) is 1.68. The molecule has 0 aliphatic rings. The molecule has 0 bridgehead atoms. The Morgan fingerprint density at radius 3 is 2.45 bits per heavy atom. The lowest BCUT2D eigenvalue weighted by molar-refractivity contribution is -0.138. The van der Waals surface area contributed by atoms with Gasteiger partial charge >= 0.3 is 5.97 Å². The van der Waals surface area contributed by atoms with Crippen molar-refractivity contribution in [1.29, 1.82) is 0 Å². The Kier molecular flexibility index (Phi) is 5.37. The van der Waals surface area contributed by atoms with E-state index in [-0.39, 0.29) is 17.7 Å². The van der Waals surface area contributed by atoms with Gasteiger partial charge in [-0.1, -0.05) is 0 Å². The number of rotatable bonds is 5. The summed E-state index contributed by atoms with van der Waals surface area (Å²) in [4.78, 5) is 25.4. The highest BCUT2D eigenvalue weighted by molar-refractivity contribution is 6.24. The van der Waals surface area contributed by atoms with Crippen molar-refractivity contribution >= 4 is 11.8 Å². The SMILES string of the molecule is CCOC(=O)C(=CN(C)C)C(=O)c1ccc(F)cc1F. The van der Waals surface area contributed by atoms with E-state index < -0.39 is 23.4 Å². The average molecular weight is 283 g/mol. The summed E-state index contributed by atoms with van der Waals surface area (Å²) < 4.78 is 31.2. The van der Waals surface area contributed by atoms with E-state index in [4.69, 9.17) is 4.74 Å². The minimum absolute atomic E-state index is 0.0861. The van der Waals surface area contributed by atoms with Gasteiger partial charge in [-0.2, -0.15) is 0 Å². The van der Waals surface area contributed by atoms with E-state index in [0.717, 1.165) is 12.1 Å². The summed E-state index contributed by atoms with van der Waals surface area (Å²) in [5.41, 5.74) is -0.699. The predicted molar refractivity (Wildman–Crippen MR) is 69.1 cm³/mol. The number of ketones is 1. The van der Waals surface area contributed by atoms with Crippen molar-refractivity contribution in [3.8, 4) is 0 Å². The third-order valence-electron chi connectivity index (χ3n) is 2.30. The smallest absolute Gasteiger partial charge is 0.343 e. The number of carbonyl (C=O) groups excluding carboxylic acids is 2. The molecule has 0 aliphatic carbocycles. The van der Waals surface area contributed by atoms with Crippen molar-refractivity contribution in [2.24, 2.45) is 0 Å². The van der Waals surface area contributed by atoms with E-state index in [9.17, 15) is 18.4 Å². The molecule has 0 unspecified atom stereocenters. The maximum Gasteiger partial charge on any atom is 0.343 e. The molecule has 0 atom stereocenters. The van der Waals surface area contributed by atoms with E-state index in [2.05, 4.69) is 0 Å². The molecule has 1 aromatic rings. The van der Waals surface area contributed by atoms with Crippen LogP contribution in [-0.4, -0.2) is 37.4 Å². The fourth-order valence-electron chi connectivity index (χ4n) is 1.49. The number of nitrogens with zero attached hydrogens (tertiary/aromatic N) is 1. The first-order valence-corrected chi connectivity index (χ1v) is 5.92. The predicted octanol–water partition coefficient (Wildman–Crippen LogP) is 2.16. The Bertz CT molecular complexity index is 553. The zero-order valence-electron chi connectivity index (χ0n) is 11.4. The lowest BCUT2D eigenvalue weighted by atomic mass is 10.0. The highest BCUT2D eigenvalue weighted by atomic mass is 19.1. The van der Waals surface area contributed by atoms with Crippen molar-refractivity contribution in [2.45, 2.75) is 6.92 Å². The van der Waals surface area contributed by atoms with E-state index >= 15 is 0 Å². The van der Waals surface area contributed by atoms with Gasteiger partial charge in [0.1, 0.15) is 17.2 Å². The molecule has 0 saturated carbocycles. The van der Waals surface area contributed by atoms with Gasteiger partial charge in [0.05, 0.1) is 12.2 Å². The largest absolute Gasteiger partial charge is 0.462 e. The van der Waals surface area contributed by atoms with E-state index in [1.165, 1.54) is 11.1 Å². The highest BCUT2D eigenvalue weighted by Crippen LogP contribution is 2.15. The van der Waals surface area contributed by atoms with Crippen LogP contribution >= 0.6 is 0 Å². The maximum absolute atomic E-state index is 13.6. The van der Waals surface area contributed by atoms with Crippen LogP contribution in [0.25, 0.3) is 0 Å². The number of ether oxygens (including phenoxy) is 1. The topological polar surface area (TPSA) is 46.6 Å². The van der Waals surface area contributed by atoms with Gasteiger partial charge in [-0.05, 0) is 19.1 Å². The molecule has 0 heterocycles. The first-order chi connectivity index (χ1) is 9.36. The number of carbonyl (C=O) groups is 2. The second kappa shape index (κ2) is 6.79. The van der Waals surface area contributed by atoms with Crippen molar-refractivity contribution in [3.05, 3.63) is 47.2 Å². The molecular weight excluding hydrogens is 268 g/mol. The lowest BCUT2D eigenvalue weighted by Crippen LogP contribution is -2.20. The van der Waals surface area contributed by atoms with Crippen LogP contribution in [0, 0.1) is 11.6 Å². The standard InChI is InChI=1S/C14H15F2NO3/c1-4-20-14(19)11(8-17(2)3)13(18)10-6-5-9(15)7-12(10)16/h5-8H,4H2,1-3H3. The Morgan fingerprint density at radius 2 is 1.95 bits per heavy atom. The number of hydrogen-bond acceptors (Lipinski definition) is 4. The Morgan fingerprint density at radius 1 is 1.30 bits per heavy atom. The zero-order chi connectivity index (χ0) is 15.3. The molecule has 0 spiro atoms. The first kappa shape index (κ1) is 15.8. The third-order valence-corrected chi connectivity index (χ3v) is 2.30. The van der Waals surface area contributed by atoms with Crippen LogP contribution in [0.4, 0.5) is 8.78 Å². The fraction of sp³-hybridized carbons (Fsp3) is 0.286. The van der Waals surface area contributed by atoms with Crippen molar-refractivity contribution < 1.29 is 23.1 Å². The summed E-state index contributed by atoms with van der Waals surface area (Å²) in [6.07, 6.45) is 1.24. The number of esters is 1. The Labute approximate surface area is 115 Å². The lowest BCUT2D eigenvalue weighted by Gasteiger charge is -2.11. The van der Waals surface area contributed by atoms with Gasteiger partial charge in [-0.3, -0.25) is 4.79 Å². The van der Waals surface area contributed by atoms with Gasteiger partial charge in [-0.15, -0.1) is 0 Å². The fourth-order valence-corrected chi connectivity index (χ4v) is 1.49. The Balaban J connectivity index is 3.20. The van der Waals surface area contributed by atoms with Gasteiger partial charge in [0.25, 0.3) is 0 Å². The summed E-state index contributed by atoms with van der Waals surface area (Å²) in [7, 11) is 3.21. The van der Waals surface area contributed by atoms with Crippen LogP contribution < -0.4 is 0 Å².